The van der Waals surface area contributed by atoms with Gasteiger partial charge in [-0.15, -0.1) is 11.3 Å². The fourth-order valence-corrected chi connectivity index (χ4v) is 4.39. The van der Waals surface area contributed by atoms with Crippen molar-refractivity contribution in [2.24, 2.45) is 0 Å². The lowest BCUT2D eigenvalue weighted by Crippen LogP contribution is -2.38. The summed E-state index contributed by atoms with van der Waals surface area (Å²) in [6.07, 6.45) is -0.129. The molecule has 2 atom stereocenters. The van der Waals surface area contributed by atoms with E-state index in [0.717, 1.165) is 5.56 Å². The minimum atomic E-state index is -0.475. The number of nitrogens with one attached hydrogen (secondary N) is 2. The molecule has 0 aliphatic carbocycles. The van der Waals surface area contributed by atoms with Crippen LogP contribution in [0.1, 0.15) is 28.2 Å². The molecule has 2 aromatic heterocycles. The summed E-state index contributed by atoms with van der Waals surface area (Å²) in [4.78, 5) is 32.6. The van der Waals surface area contributed by atoms with Gasteiger partial charge in [-0.3, -0.25) is 9.59 Å². The summed E-state index contributed by atoms with van der Waals surface area (Å²) in [5.41, 5.74) is 1.16. The van der Waals surface area contributed by atoms with Crippen molar-refractivity contribution in [2.45, 2.75) is 31.8 Å². The maximum atomic E-state index is 12.7. The average molecular weight is 485 g/mol. The molecular formula is C23H24N4O6S. The Hall–Kier alpha value is -3.30. The van der Waals surface area contributed by atoms with Crippen LogP contribution in [0.25, 0.3) is 10.2 Å². The number of ether oxygens (including phenoxy) is 4. The van der Waals surface area contributed by atoms with Crippen molar-refractivity contribution in [1.82, 2.24) is 15.3 Å². The van der Waals surface area contributed by atoms with Gasteiger partial charge in [0.05, 0.1) is 57.5 Å². The molecule has 10 nitrogen and oxygen atoms in total. The maximum Gasteiger partial charge on any atom is 0.287 e. The lowest BCUT2D eigenvalue weighted by Gasteiger charge is -2.28. The lowest BCUT2D eigenvalue weighted by atomic mass is 10.2. The van der Waals surface area contributed by atoms with Gasteiger partial charge in [-0.2, -0.15) is 5.26 Å². The molecule has 178 valence electrons. The Bertz CT molecular complexity index is 1240. The molecule has 0 saturated carbocycles. The van der Waals surface area contributed by atoms with Crippen molar-refractivity contribution in [1.29, 1.82) is 5.26 Å². The van der Waals surface area contributed by atoms with Crippen LogP contribution in [0.15, 0.2) is 34.4 Å². The van der Waals surface area contributed by atoms with Crippen molar-refractivity contribution >= 4 is 27.5 Å². The maximum absolute atomic E-state index is 12.7. The second kappa shape index (κ2) is 11.2. The van der Waals surface area contributed by atoms with Crippen LogP contribution >= 0.6 is 11.3 Å². The van der Waals surface area contributed by atoms with E-state index in [1.807, 2.05) is 24.3 Å². The highest BCUT2D eigenvalue weighted by Crippen LogP contribution is 2.22. The largest absolute Gasteiger partial charge is 0.497 e. The van der Waals surface area contributed by atoms with Gasteiger partial charge < -0.3 is 29.2 Å². The number of H-pyrrole nitrogens is 1. The molecule has 11 heteroatoms. The van der Waals surface area contributed by atoms with Gasteiger partial charge in [0.2, 0.25) is 5.82 Å². The number of nitrogens with zero attached hydrogens (tertiary/aromatic N) is 2. The monoisotopic (exact) mass is 484 g/mol. The summed E-state index contributed by atoms with van der Waals surface area (Å²) in [5.74, 6) is 0.172. The van der Waals surface area contributed by atoms with Crippen LogP contribution in [0.2, 0.25) is 0 Å². The molecule has 1 saturated heterocycles. The fourth-order valence-electron chi connectivity index (χ4n) is 3.47. The number of amides is 1. The lowest BCUT2D eigenvalue weighted by molar-refractivity contribution is -0.151. The summed E-state index contributed by atoms with van der Waals surface area (Å²) < 4.78 is 22.1. The van der Waals surface area contributed by atoms with Crippen molar-refractivity contribution in [2.75, 3.05) is 26.9 Å². The zero-order valence-corrected chi connectivity index (χ0v) is 19.4. The summed E-state index contributed by atoms with van der Waals surface area (Å²) >= 11 is 1.28. The van der Waals surface area contributed by atoms with Crippen molar-refractivity contribution in [3.05, 3.63) is 57.0 Å². The Labute approximate surface area is 199 Å². The molecule has 3 aromatic rings. The number of aromatic amines is 1. The van der Waals surface area contributed by atoms with Gasteiger partial charge in [0.15, 0.2) is 0 Å². The summed E-state index contributed by atoms with van der Waals surface area (Å²) in [6.45, 7) is 1.48. The van der Waals surface area contributed by atoms with Gasteiger partial charge in [-0.1, -0.05) is 12.1 Å². The third kappa shape index (κ3) is 5.78. The first-order chi connectivity index (χ1) is 16.6. The number of fused-ring (bicyclic) bond motifs is 1. The topological polar surface area (TPSA) is 136 Å². The Morgan fingerprint density at radius 2 is 2.18 bits per heavy atom. The molecule has 2 N–H and O–H groups in total. The summed E-state index contributed by atoms with van der Waals surface area (Å²) in [6, 6.07) is 9.40. The number of nitriles is 1. The first kappa shape index (κ1) is 23.8. The highest BCUT2D eigenvalue weighted by molar-refractivity contribution is 7.16. The molecule has 4 rings (SSSR count). The number of methoxy groups -OCH3 is 1. The van der Waals surface area contributed by atoms with E-state index in [-0.39, 0.29) is 31.2 Å². The van der Waals surface area contributed by atoms with E-state index in [2.05, 4.69) is 21.4 Å². The second-order valence-electron chi connectivity index (χ2n) is 7.68. The predicted octanol–water partition coefficient (Wildman–Crippen LogP) is 2.14. The summed E-state index contributed by atoms with van der Waals surface area (Å²) in [5, 5.41) is 13.7. The van der Waals surface area contributed by atoms with Crippen LogP contribution in [0.5, 0.6) is 5.75 Å². The SMILES string of the molecule is COc1cccc(CNC(=O)c2nc3scc(COCC4COC(CC#N)CO4)c3c(=O)[nH]2)c1. The van der Waals surface area contributed by atoms with Crippen LogP contribution in [0.3, 0.4) is 0 Å². The number of hydrogen-bond acceptors (Lipinski definition) is 9. The quantitative estimate of drug-likeness (QED) is 0.472. The van der Waals surface area contributed by atoms with Crippen LogP contribution in [0.4, 0.5) is 0 Å². The van der Waals surface area contributed by atoms with E-state index in [1.165, 1.54) is 11.3 Å². The molecule has 0 radical (unpaired) electrons. The van der Waals surface area contributed by atoms with Gasteiger partial charge >= 0.3 is 0 Å². The number of carbonyl (C=O) groups excluding carboxylic acids is 1. The van der Waals surface area contributed by atoms with Crippen LogP contribution in [0, 0.1) is 11.3 Å². The zero-order chi connectivity index (χ0) is 23.9. The van der Waals surface area contributed by atoms with E-state index in [0.29, 0.717) is 47.8 Å². The first-order valence-electron chi connectivity index (χ1n) is 10.7. The normalized spacial score (nSPS) is 17.9. The number of rotatable bonds is 9. The van der Waals surface area contributed by atoms with Gasteiger partial charge in [0, 0.05) is 12.1 Å². The number of thiophene rings is 1. The number of hydrogen-bond donors (Lipinski definition) is 2. The van der Waals surface area contributed by atoms with Gasteiger partial charge in [0.25, 0.3) is 11.5 Å². The minimum absolute atomic E-state index is 0.0469. The fraction of sp³-hybridized carbons (Fsp3) is 0.391. The molecule has 1 aliphatic rings. The van der Waals surface area contributed by atoms with E-state index in [4.69, 9.17) is 24.2 Å². The highest BCUT2D eigenvalue weighted by Gasteiger charge is 2.22. The molecule has 1 aromatic carbocycles. The van der Waals surface area contributed by atoms with Gasteiger partial charge in [-0.25, -0.2) is 4.98 Å². The molecular weight excluding hydrogens is 460 g/mol. The van der Waals surface area contributed by atoms with Crippen LogP contribution < -0.4 is 15.6 Å². The van der Waals surface area contributed by atoms with E-state index < -0.39 is 11.5 Å². The van der Waals surface area contributed by atoms with Gasteiger partial charge in [0.1, 0.15) is 16.7 Å². The predicted molar refractivity (Wildman–Crippen MR) is 124 cm³/mol. The van der Waals surface area contributed by atoms with Crippen molar-refractivity contribution in [3.8, 4) is 11.8 Å². The van der Waals surface area contributed by atoms with Gasteiger partial charge in [-0.05, 0) is 23.1 Å². The van der Waals surface area contributed by atoms with E-state index in [9.17, 15) is 9.59 Å². The smallest absolute Gasteiger partial charge is 0.287 e. The molecule has 34 heavy (non-hydrogen) atoms. The van der Waals surface area contributed by atoms with Crippen LogP contribution in [-0.2, 0) is 27.4 Å². The third-order valence-electron chi connectivity index (χ3n) is 5.24. The van der Waals surface area contributed by atoms with E-state index >= 15 is 0 Å². The molecule has 0 spiro atoms. The number of benzene rings is 1. The highest BCUT2D eigenvalue weighted by atomic mass is 32.1. The standard InChI is InChI=1S/C23H24N4O6S/c1-30-16-4-2-3-14(7-16)8-25-22(29)20-26-21(28)19-15(13-34-23(19)27-20)9-31-10-18-12-32-17(5-6-24)11-33-18/h2-4,7,13,17-18H,5,8-12H2,1H3,(H,25,29)(H,26,27,28). The second-order valence-corrected chi connectivity index (χ2v) is 8.54. The van der Waals surface area contributed by atoms with Crippen LogP contribution in [-0.4, -0.2) is 55.0 Å². The Morgan fingerprint density at radius 1 is 1.35 bits per heavy atom. The van der Waals surface area contributed by atoms with Crippen molar-refractivity contribution in [3.63, 3.8) is 0 Å². The molecule has 1 fully saturated rings. The number of aromatic nitrogens is 2. The molecule has 2 unspecified atom stereocenters. The molecule has 1 amide bonds. The zero-order valence-electron chi connectivity index (χ0n) is 18.5. The summed E-state index contributed by atoms with van der Waals surface area (Å²) in [7, 11) is 1.58. The Morgan fingerprint density at radius 3 is 2.94 bits per heavy atom. The number of carbonyl (C=O) groups is 1. The van der Waals surface area contributed by atoms with E-state index in [1.54, 1.807) is 12.5 Å². The molecule has 1 aliphatic heterocycles. The third-order valence-corrected chi connectivity index (χ3v) is 6.16. The Kier molecular flexibility index (Phi) is 7.87. The van der Waals surface area contributed by atoms with Crippen molar-refractivity contribution < 1.29 is 23.7 Å². The molecule has 0 bridgehead atoms. The Balaban J connectivity index is 1.34. The minimum Gasteiger partial charge on any atom is -0.497 e. The molecule has 3 heterocycles. The first-order valence-corrected chi connectivity index (χ1v) is 11.5. The average Bonchev–Trinajstić information content (AvgIpc) is 3.27.